The van der Waals surface area contributed by atoms with Crippen LogP contribution >= 0.6 is 0 Å². The number of rotatable bonds is 5. The Hall–Kier alpha value is -1.52. The van der Waals surface area contributed by atoms with E-state index in [0.717, 1.165) is 6.42 Å². The highest BCUT2D eigenvalue weighted by Gasteiger charge is 2.10. The third-order valence-corrected chi connectivity index (χ3v) is 2.80. The molecule has 1 N–H and O–H groups in total. The van der Waals surface area contributed by atoms with Gasteiger partial charge in [0.05, 0.1) is 6.61 Å². The van der Waals surface area contributed by atoms with E-state index in [9.17, 15) is 4.79 Å². The Morgan fingerprint density at radius 1 is 1.53 bits per heavy atom. The lowest BCUT2D eigenvalue weighted by Crippen LogP contribution is -2.16. The van der Waals surface area contributed by atoms with Crippen molar-refractivity contribution in [2.24, 2.45) is 11.8 Å². The fraction of sp³-hybridized carbons (Fsp3) is 0.667. The predicted molar refractivity (Wildman–Crippen MR) is 64.8 cm³/mol. The Morgan fingerprint density at radius 2 is 2.24 bits per heavy atom. The summed E-state index contributed by atoms with van der Waals surface area (Å²) in [4.78, 5) is 11.4. The van der Waals surface area contributed by atoms with Crippen LogP contribution in [0, 0.1) is 18.8 Å². The molecular weight excluding hydrogens is 220 g/mol. The number of aryl methyl sites for hydroxylation is 1. The topological polar surface area (TPSA) is 64.4 Å². The molecule has 17 heavy (non-hydrogen) atoms. The van der Waals surface area contributed by atoms with Crippen molar-refractivity contribution in [2.75, 3.05) is 11.9 Å². The van der Waals surface area contributed by atoms with Crippen LogP contribution in [0.4, 0.5) is 10.6 Å². The quantitative estimate of drug-likeness (QED) is 0.858. The molecule has 0 aliphatic rings. The average Bonchev–Trinajstić information content (AvgIpc) is 2.63. The summed E-state index contributed by atoms with van der Waals surface area (Å²) >= 11 is 0. The van der Waals surface area contributed by atoms with Crippen LogP contribution < -0.4 is 5.32 Å². The summed E-state index contributed by atoms with van der Waals surface area (Å²) in [6.45, 7) is 8.63. The van der Waals surface area contributed by atoms with Gasteiger partial charge in [-0.3, -0.25) is 5.32 Å². The van der Waals surface area contributed by atoms with E-state index < -0.39 is 6.09 Å². The molecular formula is C12H20N2O3. The van der Waals surface area contributed by atoms with Gasteiger partial charge in [-0.25, -0.2) is 4.79 Å². The van der Waals surface area contributed by atoms with Gasteiger partial charge < -0.3 is 9.26 Å². The van der Waals surface area contributed by atoms with Crippen LogP contribution in [-0.4, -0.2) is 17.9 Å². The van der Waals surface area contributed by atoms with Crippen molar-refractivity contribution in [1.82, 2.24) is 5.16 Å². The molecule has 0 aliphatic heterocycles. The van der Waals surface area contributed by atoms with Crippen LogP contribution in [-0.2, 0) is 4.74 Å². The number of hydrogen-bond acceptors (Lipinski definition) is 4. The summed E-state index contributed by atoms with van der Waals surface area (Å²) in [6.07, 6.45) is 0.373. The Kier molecular flexibility index (Phi) is 5.00. The normalized spacial score (nSPS) is 12.5. The average molecular weight is 240 g/mol. The fourth-order valence-corrected chi connectivity index (χ4v) is 1.24. The smallest absolute Gasteiger partial charge is 0.412 e. The van der Waals surface area contributed by atoms with Crippen LogP contribution in [0.2, 0.25) is 0 Å². The van der Waals surface area contributed by atoms with Gasteiger partial charge in [0.2, 0.25) is 0 Å². The van der Waals surface area contributed by atoms with Gasteiger partial charge in [-0.05, 0) is 25.2 Å². The number of nitrogens with one attached hydrogen (secondary N) is 1. The molecule has 0 saturated carbocycles. The van der Waals surface area contributed by atoms with E-state index in [1.807, 2.05) is 0 Å². The highest BCUT2D eigenvalue weighted by molar-refractivity contribution is 5.83. The molecule has 0 spiro atoms. The first-order chi connectivity index (χ1) is 7.99. The minimum atomic E-state index is -0.491. The summed E-state index contributed by atoms with van der Waals surface area (Å²) in [5, 5.41) is 6.14. The second-order valence-corrected chi connectivity index (χ2v) is 4.59. The minimum Gasteiger partial charge on any atom is -0.449 e. The van der Waals surface area contributed by atoms with Gasteiger partial charge in [-0.2, -0.15) is 0 Å². The monoisotopic (exact) mass is 240 g/mol. The molecule has 1 rings (SSSR count). The van der Waals surface area contributed by atoms with Gasteiger partial charge in [-0.1, -0.05) is 25.9 Å². The van der Waals surface area contributed by atoms with Crippen molar-refractivity contribution in [3.05, 3.63) is 11.8 Å². The fourth-order valence-electron chi connectivity index (χ4n) is 1.24. The molecule has 1 amide bonds. The number of amides is 1. The summed E-state index contributed by atoms with van der Waals surface area (Å²) in [6, 6.07) is 1.64. The molecule has 0 radical (unpaired) electrons. The largest absolute Gasteiger partial charge is 0.449 e. The number of anilines is 1. The molecule has 0 aliphatic carbocycles. The molecule has 0 bridgehead atoms. The second kappa shape index (κ2) is 6.27. The number of carbonyl (C=O) groups is 1. The highest BCUT2D eigenvalue weighted by atomic mass is 16.5. The van der Waals surface area contributed by atoms with Gasteiger partial charge in [-0.15, -0.1) is 0 Å². The van der Waals surface area contributed by atoms with Crippen molar-refractivity contribution in [2.45, 2.75) is 34.1 Å². The van der Waals surface area contributed by atoms with Crippen LogP contribution in [0.3, 0.4) is 0 Å². The van der Waals surface area contributed by atoms with E-state index in [4.69, 9.17) is 9.26 Å². The number of hydrogen-bond donors (Lipinski definition) is 1. The molecule has 0 saturated heterocycles. The highest BCUT2D eigenvalue weighted by Crippen LogP contribution is 2.14. The number of aromatic nitrogens is 1. The van der Waals surface area contributed by atoms with Crippen molar-refractivity contribution < 1.29 is 14.1 Å². The Morgan fingerprint density at radius 3 is 2.76 bits per heavy atom. The Balaban J connectivity index is 2.22. The SMILES string of the molecule is Cc1cc(NC(=O)OCC[C@@H](C)C(C)C)no1. The number of nitrogens with zero attached hydrogens (tertiary/aromatic N) is 1. The van der Waals surface area contributed by atoms with Crippen LogP contribution in [0.15, 0.2) is 10.6 Å². The lowest BCUT2D eigenvalue weighted by atomic mass is 9.95. The molecule has 96 valence electrons. The molecule has 1 aromatic rings. The van der Waals surface area contributed by atoms with Crippen LogP contribution in [0.1, 0.15) is 33.0 Å². The van der Waals surface area contributed by atoms with Crippen molar-refractivity contribution in [3.63, 3.8) is 0 Å². The predicted octanol–water partition coefficient (Wildman–Crippen LogP) is 3.21. The van der Waals surface area contributed by atoms with E-state index in [2.05, 4.69) is 31.2 Å². The molecule has 0 aromatic carbocycles. The molecule has 5 heteroatoms. The zero-order valence-electron chi connectivity index (χ0n) is 10.8. The molecule has 1 aromatic heterocycles. The summed E-state index contributed by atoms with van der Waals surface area (Å²) in [5.41, 5.74) is 0. The van der Waals surface area contributed by atoms with Gasteiger partial charge in [0.15, 0.2) is 5.82 Å². The van der Waals surface area contributed by atoms with Crippen molar-refractivity contribution in [1.29, 1.82) is 0 Å². The molecule has 1 heterocycles. The van der Waals surface area contributed by atoms with Gasteiger partial charge in [0.25, 0.3) is 0 Å². The van der Waals surface area contributed by atoms with Gasteiger partial charge >= 0.3 is 6.09 Å². The van der Waals surface area contributed by atoms with Crippen LogP contribution in [0.25, 0.3) is 0 Å². The first-order valence-electron chi connectivity index (χ1n) is 5.86. The van der Waals surface area contributed by atoms with E-state index in [1.54, 1.807) is 13.0 Å². The zero-order valence-corrected chi connectivity index (χ0v) is 10.8. The van der Waals surface area contributed by atoms with Gasteiger partial charge in [0, 0.05) is 6.07 Å². The molecule has 1 atom stereocenters. The van der Waals surface area contributed by atoms with Crippen molar-refractivity contribution >= 4 is 11.9 Å². The minimum absolute atomic E-state index is 0.379. The maximum absolute atomic E-state index is 11.4. The van der Waals surface area contributed by atoms with Crippen molar-refractivity contribution in [3.8, 4) is 0 Å². The first kappa shape index (κ1) is 13.5. The lowest BCUT2D eigenvalue weighted by molar-refractivity contribution is 0.150. The van der Waals surface area contributed by atoms with E-state index in [-0.39, 0.29) is 0 Å². The maximum Gasteiger partial charge on any atom is 0.412 e. The summed E-state index contributed by atoms with van der Waals surface area (Å²) in [5.74, 6) is 2.16. The maximum atomic E-state index is 11.4. The zero-order chi connectivity index (χ0) is 12.8. The van der Waals surface area contributed by atoms with E-state index in [0.29, 0.717) is 30.0 Å². The number of ether oxygens (including phenoxy) is 1. The summed E-state index contributed by atoms with van der Waals surface area (Å²) in [7, 11) is 0. The number of carbonyl (C=O) groups excluding carboxylic acids is 1. The van der Waals surface area contributed by atoms with Crippen LogP contribution in [0.5, 0.6) is 0 Å². The third kappa shape index (κ3) is 4.89. The Bertz CT molecular complexity index is 360. The molecule has 5 nitrogen and oxygen atoms in total. The second-order valence-electron chi connectivity index (χ2n) is 4.59. The Labute approximate surface area is 102 Å². The standard InChI is InChI=1S/C12H20N2O3/c1-8(2)9(3)5-6-16-12(15)13-11-7-10(4)17-14-11/h7-9H,5-6H2,1-4H3,(H,13,14,15)/t9-/m1/s1. The summed E-state index contributed by atoms with van der Waals surface area (Å²) < 4.78 is 9.86. The third-order valence-electron chi connectivity index (χ3n) is 2.80. The molecule has 0 unspecified atom stereocenters. The van der Waals surface area contributed by atoms with E-state index >= 15 is 0 Å². The molecule has 0 fully saturated rings. The van der Waals surface area contributed by atoms with E-state index in [1.165, 1.54) is 0 Å². The lowest BCUT2D eigenvalue weighted by Gasteiger charge is -2.14. The first-order valence-corrected chi connectivity index (χ1v) is 5.86. The van der Waals surface area contributed by atoms with Gasteiger partial charge in [0.1, 0.15) is 5.76 Å².